The Kier molecular flexibility index (Phi) is 3.95. The molecule has 0 radical (unpaired) electrons. The first kappa shape index (κ1) is 9.68. The van der Waals surface area contributed by atoms with Gasteiger partial charge in [0.25, 0.3) is 0 Å². The highest BCUT2D eigenvalue weighted by molar-refractivity contribution is 5.97. The Labute approximate surface area is 66.9 Å². The smallest absolute Gasteiger partial charge is 0.131 e. The molecule has 3 N–H and O–H groups in total. The molecule has 0 fully saturated rings. The van der Waals surface area contributed by atoms with E-state index in [4.69, 9.17) is 11.1 Å². The van der Waals surface area contributed by atoms with Crippen molar-refractivity contribution in [3.8, 4) is 0 Å². The topological polar surface area (TPSA) is 65.5 Å². The second-order valence-electron chi connectivity index (χ2n) is 2.40. The van der Waals surface area contributed by atoms with Gasteiger partial charge < -0.3 is 10.6 Å². The number of nitrogens with one attached hydrogen (secondary N) is 1. The maximum absolute atomic E-state index is 6.76. The second kappa shape index (κ2) is 4.49. The van der Waals surface area contributed by atoms with Gasteiger partial charge in [0.1, 0.15) is 12.2 Å². The molecule has 4 nitrogen and oxygen atoms in total. The number of likely N-dealkylation sites (N-methyl/N-ethyl adjacent to an activating group) is 1. The van der Waals surface area contributed by atoms with Crippen molar-refractivity contribution in [2.75, 3.05) is 14.1 Å². The van der Waals surface area contributed by atoms with Crippen LogP contribution in [0.25, 0.3) is 0 Å². The van der Waals surface area contributed by atoms with Gasteiger partial charge >= 0.3 is 0 Å². The molecule has 0 spiro atoms. The van der Waals surface area contributed by atoms with Crippen molar-refractivity contribution < 1.29 is 0 Å². The van der Waals surface area contributed by atoms with Gasteiger partial charge in [-0.05, 0) is 13.0 Å². The number of nitrogens with two attached hydrogens (primary N) is 1. The minimum absolute atomic E-state index is 0.680. The number of rotatable bonds is 2. The first-order valence-electron chi connectivity index (χ1n) is 3.25. The Morgan fingerprint density at radius 1 is 1.55 bits per heavy atom. The molecule has 0 atom stereocenters. The zero-order valence-corrected chi connectivity index (χ0v) is 7.13. The summed E-state index contributed by atoms with van der Waals surface area (Å²) in [5.74, 6) is 0.681. The standard InChI is InChI=1S/C7H14N4/c1-6(9)4-7(10-5-8)11(2)3/h4-5,8H,9H2,1-3H3. The Bertz CT molecular complexity index is 187. The van der Waals surface area contributed by atoms with Crippen LogP contribution >= 0.6 is 0 Å². The fourth-order valence-corrected chi connectivity index (χ4v) is 0.552. The van der Waals surface area contributed by atoms with E-state index < -0.39 is 0 Å². The lowest BCUT2D eigenvalue weighted by Gasteiger charge is -2.10. The summed E-state index contributed by atoms with van der Waals surface area (Å²) in [6, 6.07) is 0. The van der Waals surface area contributed by atoms with Crippen LogP contribution in [0.3, 0.4) is 0 Å². The van der Waals surface area contributed by atoms with Crippen LogP contribution in [0.2, 0.25) is 0 Å². The van der Waals surface area contributed by atoms with Gasteiger partial charge in [0.15, 0.2) is 0 Å². The van der Waals surface area contributed by atoms with Crippen LogP contribution in [0.5, 0.6) is 0 Å². The van der Waals surface area contributed by atoms with E-state index in [1.54, 1.807) is 17.9 Å². The molecule has 0 aliphatic heterocycles. The Balaban J connectivity index is 4.49. The van der Waals surface area contributed by atoms with Gasteiger partial charge in [-0.1, -0.05) is 0 Å². The molecular weight excluding hydrogens is 140 g/mol. The van der Waals surface area contributed by atoms with E-state index in [9.17, 15) is 0 Å². The van der Waals surface area contributed by atoms with Crippen molar-refractivity contribution in [3.63, 3.8) is 0 Å². The molecule has 0 heterocycles. The Morgan fingerprint density at radius 2 is 2.09 bits per heavy atom. The van der Waals surface area contributed by atoms with Gasteiger partial charge in [0.2, 0.25) is 0 Å². The fourth-order valence-electron chi connectivity index (χ4n) is 0.552. The van der Waals surface area contributed by atoms with Crippen LogP contribution in [0.15, 0.2) is 16.8 Å². The van der Waals surface area contributed by atoms with Crippen LogP contribution < -0.4 is 5.73 Å². The fraction of sp³-hybridized carbons (Fsp3) is 0.429. The Hall–Kier alpha value is -1.32. The largest absolute Gasteiger partial charge is 0.402 e. The van der Waals surface area contributed by atoms with E-state index in [-0.39, 0.29) is 0 Å². The molecular formula is C7H14N4. The molecule has 0 aromatic heterocycles. The van der Waals surface area contributed by atoms with Gasteiger partial charge in [-0.15, -0.1) is 0 Å². The molecule has 0 saturated heterocycles. The Morgan fingerprint density at radius 3 is 2.36 bits per heavy atom. The van der Waals surface area contributed by atoms with Gasteiger partial charge in [-0.2, -0.15) is 0 Å². The van der Waals surface area contributed by atoms with Crippen molar-refractivity contribution in [1.82, 2.24) is 4.90 Å². The summed E-state index contributed by atoms with van der Waals surface area (Å²) < 4.78 is 0. The summed E-state index contributed by atoms with van der Waals surface area (Å²) in [6.07, 6.45) is 2.71. The number of hydrogen-bond donors (Lipinski definition) is 2. The van der Waals surface area contributed by atoms with E-state index in [2.05, 4.69) is 4.99 Å². The predicted octanol–water partition coefficient (Wildman–Crippen LogP) is 0.416. The lowest BCUT2D eigenvalue weighted by molar-refractivity contribution is 0.627. The molecule has 11 heavy (non-hydrogen) atoms. The highest BCUT2D eigenvalue weighted by Crippen LogP contribution is 1.88. The second-order valence-corrected chi connectivity index (χ2v) is 2.40. The summed E-state index contributed by atoms with van der Waals surface area (Å²) in [5, 5.41) is 6.76. The van der Waals surface area contributed by atoms with E-state index in [0.29, 0.717) is 11.5 Å². The lowest BCUT2D eigenvalue weighted by Crippen LogP contribution is -2.20. The molecule has 0 aliphatic rings. The summed E-state index contributed by atoms with van der Waals surface area (Å²) in [7, 11) is 3.70. The zero-order chi connectivity index (χ0) is 8.85. The SMILES string of the molecule is CC(N)=CC(=NC=N)N(C)C. The maximum Gasteiger partial charge on any atom is 0.131 e. The van der Waals surface area contributed by atoms with Crippen LogP contribution in [0.1, 0.15) is 6.92 Å². The number of aliphatic imine (C=N–C) groups is 1. The third-order valence-corrected chi connectivity index (χ3v) is 1.01. The normalized spacial score (nSPS) is 13.0. The highest BCUT2D eigenvalue weighted by Gasteiger charge is 1.95. The number of amidine groups is 1. The van der Waals surface area contributed by atoms with E-state index in [1.807, 2.05) is 14.1 Å². The van der Waals surface area contributed by atoms with Crippen LogP contribution in [0.4, 0.5) is 0 Å². The van der Waals surface area contributed by atoms with Crippen molar-refractivity contribution in [2.45, 2.75) is 6.92 Å². The minimum atomic E-state index is 0.680. The van der Waals surface area contributed by atoms with E-state index in [0.717, 1.165) is 6.34 Å². The van der Waals surface area contributed by atoms with Gasteiger partial charge in [-0.3, -0.25) is 5.41 Å². The molecule has 0 amide bonds. The molecule has 0 bridgehead atoms. The molecule has 0 rings (SSSR count). The first-order chi connectivity index (χ1) is 5.07. The molecule has 0 aromatic carbocycles. The lowest BCUT2D eigenvalue weighted by atomic mass is 10.4. The minimum Gasteiger partial charge on any atom is -0.402 e. The average Bonchev–Trinajstić information content (AvgIpc) is 1.86. The summed E-state index contributed by atoms with van der Waals surface area (Å²) in [6.45, 7) is 1.78. The summed E-state index contributed by atoms with van der Waals surface area (Å²) in [4.78, 5) is 5.58. The molecule has 4 heteroatoms. The summed E-state index contributed by atoms with van der Waals surface area (Å²) in [5.41, 5.74) is 6.12. The van der Waals surface area contributed by atoms with E-state index >= 15 is 0 Å². The van der Waals surface area contributed by atoms with Crippen LogP contribution in [0, 0.1) is 5.41 Å². The van der Waals surface area contributed by atoms with E-state index in [1.165, 1.54) is 0 Å². The molecule has 0 aromatic rings. The average molecular weight is 154 g/mol. The van der Waals surface area contributed by atoms with Crippen molar-refractivity contribution >= 4 is 12.2 Å². The quantitative estimate of drug-likeness (QED) is 0.447. The first-order valence-corrected chi connectivity index (χ1v) is 3.25. The molecule has 0 aliphatic carbocycles. The summed E-state index contributed by atoms with van der Waals surface area (Å²) >= 11 is 0. The molecule has 0 unspecified atom stereocenters. The maximum atomic E-state index is 6.76. The monoisotopic (exact) mass is 154 g/mol. The van der Waals surface area contributed by atoms with Gasteiger partial charge in [-0.25, -0.2) is 4.99 Å². The zero-order valence-electron chi connectivity index (χ0n) is 7.13. The third kappa shape index (κ3) is 4.13. The van der Waals surface area contributed by atoms with Gasteiger partial charge in [0.05, 0.1) is 0 Å². The van der Waals surface area contributed by atoms with Crippen molar-refractivity contribution in [3.05, 3.63) is 11.8 Å². The van der Waals surface area contributed by atoms with Gasteiger partial charge in [0, 0.05) is 19.8 Å². The molecule has 0 saturated carbocycles. The predicted molar refractivity (Wildman–Crippen MR) is 47.9 cm³/mol. The highest BCUT2D eigenvalue weighted by atomic mass is 15.1. The number of allylic oxidation sites excluding steroid dienone is 1. The number of nitrogens with zero attached hydrogens (tertiary/aromatic N) is 2. The van der Waals surface area contributed by atoms with Crippen molar-refractivity contribution in [1.29, 1.82) is 5.41 Å². The van der Waals surface area contributed by atoms with Crippen LogP contribution in [-0.4, -0.2) is 31.2 Å². The molecule has 62 valence electrons. The van der Waals surface area contributed by atoms with Crippen molar-refractivity contribution in [2.24, 2.45) is 10.7 Å². The third-order valence-electron chi connectivity index (χ3n) is 1.01. The van der Waals surface area contributed by atoms with Crippen LogP contribution in [-0.2, 0) is 0 Å². The number of hydrogen-bond acceptors (Lipinski definition) is 2.